The predicted octanol–water partition coefficient (Wildman–Crippen LogP) is 2.91. The van der Waals surface area contributed by atoms with Gasteiger partial charge in [0.05, 0.1) is 16.1 Å². The fraction of sp³-hybridized carbons (Fsp3) is 0. The zero-order chi connectivity index (χ0) is 21.3. The Hall–Kier alpha value is -3.99. The Morgan fingerprint density at radius 2 is 1.48 bits per heavy atom. The van der Waals surface area contributed by atoms with Gasteiger partial charge in [0.15, 0.2) is 0 Å². The van der Waals surface area contributed by atoms with Gasteiger partial charge in [0, 0.05) is 22.9 Å². The summed E-state index contributed by atoms with van der Waals surface area (Å²) >= 11 is 0. The van der Waals surface area contributed by atoms with Crippen molar-refractivity contribution in [3.63, 3.8) is 0 Å². The summed E-state index contributed by atoms with van der Waals surface area (Å²) in [6, 6.07) is 9.96. The second-order valence-electron chi connectivity index (χ2n) is 5.74. The van der Waals surface area contributed by atoms with Gasteiger partial charge >= 0.3 is 22.1 Å². The van der Waals surface area contributed by atoms with Crippen molar-refractivity contribution >= 4 is 38.5 Å². The van der Waals surface area contributed by atoms with Gasteiger partial charge in [0.2, 0.25) is 0 Å². The van der Waals surface area contributed by atoms with Crippen molar-refractivity contribution in [2.75, 3.05) is 0 Å². The SMILES string of the molecule is O=C(O)c1cccc2c(S(=O)(=O)Oc3ccc([N+](=O)[O-])cc3)ccc(C(=O)O)c12. The second kappa shape index (κ2) is 7.20. The Balaban J connectivity index is 2.17. The van der Waals surface area contributed by atoms with E-state index in [0.717, 1.165) is 42.5 Å². The Kier molecular flexibility index (Phi) is 4.91. The third-order valence-corrected chi connectivity index (χ3v) is 5.29. The quantitative estimate of drug-likeness (QED) is 0.349. The van der Waals surface area contributed by atoms with Crippen LogP contribution in [-0.4, -0.2) is 35.5 Å². The highest BCUT2D eigenvalue weighted by molar-refractivity contribution is 7.87. The highest BCUT2D eigenvalue weighted by Crippen LogP contribution is 2.31. The average Bonchev–Trinajstić information content (AvgIpc) is 2.66. The molecule has 3 aromatic rings. The lowest BCUT2D eigenvalue weighted by atomic mass is 9.99. The van der Waals surface area contributed by atoms with Crippen molar-refractivity contribution in [1.29, 1.82) is 0 Å². The molecule has 0 aromatic heterocycles. The Morgan fingerprint density at radius 1 is 0.897 bits per heavy atom. The zero-order valence-electron chi connectivity index (χ0n) is 14.3. The number of aromatic carboxylic acids is 2. The van der Waals surface area contributed by atoms with E-state index in [1.165, 1.54) is 12.1 Å². The molecule has 0 heterocycles. The van der Waals surface area contributed by atoms with Gasteiger partial charge in [-0.15, -0.1) is 0 Å². The third-order valence-electron chi connectivity index (χ3n) is 3.98. The molecule has 0 spiro atoms. The first kappa shape index (κ1) is 19.8. The number of carboxylic acid groups (broad SMARTS) is 2. The Morgan fingerprint density at radius 3 is 2.03 bits per heavy atom. The van der Waals surface area contributed by atoms with Gasteiger partial charge < -0.3 is 14.4 Å². The monoisotopic (exact) mass is 417 g/mol. The first-order valence-corrected chi connectivity index (χ1v) is 9.24. The van der Waals surface area contributed by atoms with Crippen LogP contribution in [-0.2, 0) is 10.1 Å². The molecule has 0 aliphatic carbocycles. The summed E-state index contributed by atoms with van der Waals surface area (Å²) in [5.74, 6) is -3.06. The number of non-ortho nitro benzene ring substituents is 1. The van der Waals surface area contributed by atoms with Crippen molar-refractivity contribution in [2.45, 2.75) is 4.90 Å². The minimum absolute atomic E-state index is 0.147. The van der Waals surface area contributed by atoms with E-state index >= 15 is 0 Å². The normalized spacial score (nSPS) is 11.2. The van der Waals surface area contributed by atoms with Gasteiger partial charge in [-0.05, 0) is 30.3 Å². The molecule has 0 amide bonds. The summed E-state index contributed by atoms with van der Waals surface area (Å²) in [5.41, 5.74) is -1.03. The van der Waals surface area contributed by atoms with Gasteiger partial charge in [0.25, 0.3) is 5.69 Å². The van der Waals surface area contributed by atoms with E-state index in [0.29, 0.717) is 0 Å². The van der Waals surface area contributed by atoms with Crippen LogP contribution < -0.4 is 4.18 Å². The molecule has 0 unspecified atom stereocenters. The molecular weight excluding hydrogens is 406 g/mol. The van der Waals surface area contributed by atoms with Crippen LogP contribution >= 0.6 is 0 Å². The number of nitro benzene ring substituents is 1. The van der Waals surface area contributed by atoms with Crippen LogP contribution in [0.15, 0.2) is 59.5 Å². The van der Waals surface area contributed by atoms with E-state index in [9.17, 15) is 38.3 Å². The fourth-order valence-corrected chi connectivity index (χ4v) is 3.88. The van der Waals surface area contributed by atoms with E-state index in [1.54, 1.807) is 0 Å². The first-order valence-electron chi connectivity index (χ1n) is 7.83. The van der Waals surface area contributed by atoms with Crippen LogP contribution in [0.2, 0.25) is 0 Å². The minimum Gasteiger partial charge on any atom is -0.478 e. The van der Waals surface area contributed by atoms with Gasteiger partial charge in [-0.25, -0.2) is 9.59 Å². The topological polar surface area (TPSA) is 161 Å². The second-order valence-corrected chi connectivity index (χ2v) is 7.25. The first-order chi connectivity index (χ1) is 13.6. The highest BCUT2D eigenvalue weighted by Gasteiger charge is 2.25. The molecule has 11 heteroatoms. The number of nitrogens with zero attached hydrogens (tertiary/aromatic N) is 1. The van der Waals surface area contributed by atoms with Crippen molar-refractivity contribution in [3.8, 4) is 5.75 Å². The van der Waals surface area contributed by atoms with Gasteiger partial charge in [-0.1, -0.05) is 12.1 Å². The molecule has 0 aliphatic rings. The van der Waals surface area contributed by atoms with Crippen LogP contribution in [0.4, 0.5) is 5.69 Å². The van der Waals surface area contributed by atoms with Gasteiger partial charge in [-0.3, -0.25) is 10.1 Å². The standard InChI is InChI=1S/C18H11NO9S/c20-17(21)13-3-1-2-12-15(9-8-14(16(12)13)18(22)23)29(26,27)28-11-6-4-10(5-7-11)19(24)25/h1-9H,(H,20,21)(H,22,23). The van der Waals surface area contributed by atoms with Gasteiger partial charge in [-0.2, -0.15) is 8.42 Å². The molecule has 10 nitrogen and oxygen atoms in total. The Labute approximate surface area is 162 Å². The smallest absolute Gasteiger partial charge is 0.339 e. The van der Waals surface area contributed by atoms with Gasteiger partial charge in [0.1, 0.15) is 10.6 Å². The third kappa shape index (κ3) is 3.71. The van der Waals surface area contributed by atoms with Crippen LogP contribution in [0.1, 0.15) is 20.7 Å². The fourth-order valence-electron chi connectivity index (χ4n) is 2.75. The molecular formula is C18H11NO9S. The number of carboxylic acids is 2. The van der Waals surface area contributed by atoms with Crippen LogP contribution in [0, 0.1) is 10.1 Å². The number of nitro groups is 1. The molecule has 0 saturated heterocycles. The molecule has 0 fully saturated rings. The van der Waals surface area contributed by atoms with Crippen molar-refractivity contribution in [1.82, 2.24) is 0 Å². The maximum atomic E-state index is 12.7. The number of fused-ring (bicyclic) bond motifs is 1. The number of hydrogen-bond donors (Lipinski definition) is 2. The van der Waals surface area contributed by atoms with Crippen LogP contribution in [0.25, 0.3) is 10.8 Å². The minimum atomic E-state index is -4.51. The molecule has 0 atom stereocenters. The summed E-state index contributed by atoms with van der Waals surface area (Å²) in [6.07, 6.45) is 0. The zero-order valence-corrected chi connectivity index (χ0v) is 15.1. The van der Waals surface area contributed by atoms with Crippen LogP contribution in [0.3, 0.4) is 0 Å². The van der Waals surface area contributed by atoms with Crippen LogP contribution in [0.5, 0.6) is 5.75 Å². The molecule has 0 bridgehead atoms. The maximum Gasteiger partial charge on any atom is 0.339 e. The van der Waals surface area contributed by atoms with E-state index < -0.39 is 31.9 Å². The van der Waals surface area contributed by atoms with Crippen molar-refractivity contribution < 1.29 is 37.3 Å². The summed E-state index contributed by atoms with van der Waals surface area (Å²) in [6.45, 7) is 0. The number of rotatable bonds is 6. The van der Waals surface area contributed by atoms with Crippen molar-refractivity contribution in [3.05, 3.63) is 75.8 Å². The molecule has 2 N–H and O–H groups in total. The Bertz CT molecular complexity index is 1240. The number of carbonyl (C=O) groups is 2. The summed E-state index contributed by atoms with van der Waals surface area (Å²) < 4.78 is 30.5. The lowest BCUT2D eigenvalue weighted by Gasteiger charge is -2.12. The predicted molar refractivity (Wildman–Crippen MR) is 98.8 cm³/mol. The lowest BCUT2D eigenvalue weighted by molar-refractivity contribution is -0.384. The summed E-state index contributed by atoms with van der Waals surface area (Å²) in [4.78, 5) is 32.6. The van der Waals surface area contributed by atoms with E-state index in [4.69, 9.17) is 4.18 Å². The summed E-state index contributed by atoms with van der Waals surface area (Å²) in [5, 5.41) is 29.0. The van der Waals surface area contributed by atoms with E-state index in [2.05, 4.69) is 0 Å². The molecule has 3 aromatic carbocycles. The van der Waals surface area contributed by atoms with E-state index in [1.807, 2.05) is 0 Å². The average molecular weight is 417 g/mol. The number of hydrogen-bond acceptors (Lipinski definition) is 7. The largest absolute Gasteiger partial charge is 0.478 e. The van der Waals surface area contributed by atoms with Crippen molar-refractivity contribution in [2.24, 2.45) is 0 Å². The number of benzene rings is 3. The molecule has 0 saturated carbocycles. The molecule has 3 rings (SSSR count). The maximum absolute atomic E-state index is 12.7. The summed E-state index contributed by atoms with van der Waals surface area (Å²) in [7, 11) is -4.51. The molecule has 148 valence electrons. The highest BCUT2D eigenvalue weighted by atomic mass is 32.2. The molecule has 29 heavy (non-hydrogen) atoms. The molecule has 0 aliphatic heterocycles. The van der Waals surface area contributed by atoms with E-state index in [-0.39, 0.29) is 33.3 Å². The molecule has 0 radical (unpaired) electrons. The lowest BCUT2D eigenvalue weighted by Crippen LogP contribution is -2.12.